The average molecular weight is 247 g/mol. The number of carboxylic acids is 1. The monoisotopic (exact) mass is 247 g/mol. The number of hydrogen-bond donors (Lipinski definition) is 2. The van der Waals surface area contributed by atoms with Crippen molar-refractivity contribution in [1.82, 2.24) is 5.32 Å². The summed E-state index contributed by atoms with van der Waals surface area (Å²) in [4.78, 5) is 22.5. The quantitative estimate of drug-likeness (QED) is 0.674. The van der Waals surface area contributed by atoms with Crippen LogP contribution >= 0.6 is 11.8 Å². The molecule has 0 heterocycles. The molecule has 0 saturated carbocycles. The maximum absolute atomic E-state index is 11.6. The Labute approximate surface area is 101 Å². The van der Waals surface area contributed by atoms with E-state index in [0.29, 0.717) is 6.54 Å². The summed E-state index contributed by atoms with van der Waals surface area (Å²) in [6.07, 6.45) is 1.98. The molecule has 94 valence electrons. The average Bonchev–Trinajstić information content (AvgIpc) is 2.17. The molecule has 0 aliphatic heterocycles. The van der Waals surface area contributed by atoms with Crippen LogP contribution in [0.25, 0.3) is 0 Å². The van der Waals surface area contributed by atoms with Crippen molar-refractivity contribution in [1.29, 1.82) is 0 Å². The summed E-state index contributed by atoms with van der Waals surface area (Å²) in [7, 11) is 0. The van der Waals surface area contributed by atoms with Gasteiger partial charge in [-0.15, -0.1) is 11.8 Å². The SMILES string of the molecule is CCCCNC(=O)C(C)SC(C)(C)C(=O)O. The summed E-state index contributed by atoms with van der Waals surface area (Å²) in [6, 6.07) is 0. The molecule has 0 aliphatic rings. The fourth-order valence-electron chi connectivity index (χ4n) is 1.08. The van der Waals surface area contributed by atoms with Gasteiger partial charge in [0.2, 0.25) is 5.91 Å². The third kappa shape index (κ3) is 5.39. The van der Waals surface area contributed by atoms with Crippen molar-refractivity contribution in [2.45, 2.75) is 50.5 Å². The van der Waals surface area contributed by atoms with Gasteiger partial charge < -0.3 is 10.4 Å². The van der Waals surface area contributed by atoms with E-state index in [1.807, 2.05) is 0 Å². The molecule has 0 aliphatic carbocycles. The smallest absolute Gasteiger partial charge is 0.319 e. The lowest BCUT2D eigenvalue weighted by molar-refractivity contribution is -0.138. The number of carbonyl (C=O) groups is 2. The predicted molar refractivity (Wildman–Crippen MR) is 66.7 cm³/mol. The molecule has 5 heteroatoms. The second kappa shape index (κ2) is 6.78. The van der Waals surface area contributed by atoms with Gasteiger partial charge in [-0.3, -0.25) is 9.59 Å². The Morgan fingerprint density at radius 2 is 2.00 bits per heavy atom. The molecule has 0 saturated heterocycles. The van der Waals surface area contributed by atoms with Gasteiger partial charge in [0.25, 0.3) is 0 Å². The van der Waals surface area contributed by atoms with Crippen LogP contribution in [-0.2, 0) is 9.59 Å². The first-order valence-electron chi connectivity index (χ1n) is 5.50. The number of carbonyl (C=O) groups excluding carboxylic acids is 1. The first kappa shape index (κ1) is 15.3. The van der Waals surface area contributed by atoms with Crippen LogP contribution in [0.2, 0.25) is 0 Å². The van der Waals surface area contributed by atoms with Crippen molar-refractivity contribution < 1.29 is 14.7 Å². The summed E-state index contributed by atoms with van der Waals surface area (Å²) >= 11 is 1.16. The van der Waals surface area contributed by atoms with Crippen molar-refractivity contribution >= 4 is 23.6 Å². The molecular weight excluding hydrogens is 226 g/mol. The topological polar surface area (TPSA) is 66.4 Å². The Bertz CT molecular complexity index is 254. The first-order chi connectivity index (χ1) is 7.31. The maximum Gasteiger partial charge on any atom is 0.319 e. The molecule has 1 amide bonds. The van der Waals surface area contributed by atoms with Crippen molar-refractivity contribution in [2.24, 2.45) is 0 Å². The lowest BCUT2D eigenvalue weighted by atomic mass is 10.2. The first-order valence-corrected chi connectivity index (χ1v) is 6.38. The summed E-state index contributed by atoms with van der Waals surface area (Å²) in [6.45, 7) is 7.66. The van der Waals surface area contributed by atoms with E-state index >= 15 is 0 Å². The van der Waals surface area contributed by atoms with Crippen LogP contribution in [-0.4, -0.2) is 33.5 Å². The molecule has 16 heavy (non-hydrogen) atoms. The number of nitrogens with one attached hydrogen (secondary N) is 1. The largest absolute Gasteiger partial charge is 0.480 e. The molecule has 4 nitrogen and oxygen atoms in total. The van der Waals surface area contributed by atoms with Crippen molar-refractivity contribution in [3.63, 3.8) is 0 Å². The van der Waals surface area contributed by atoms with E-state index in [1.165, 1.54) is 0 Å². The number of hydrogen-bond acceptors (Lipinski definition) is 3. The lowest BCUT2D eigenvalue weighted by Gasteiger charge is -2.22. The highest BCUT2D eigenvalue weighted by atomic mass is 32.2. The lowest BCUT2D eigenvalue weighted by Crippen LogP contribution is -2.37. The van der Waals surface area contributed by atoms with Gasteiger partial charge in [0.05, 0.1) is 5.25 Å². The minimum absolute atomic E-state index is 0.0900. The molecule has 0 aromatic carbocycles. The summed E-state index contributed by atoms with van der Waals surface area (Å²) in [5.41, 5.74) is 0. The normalized spacial score (nSPS) is 13.2. The van der Waals surface area contributed by atoms with Gasteiger partial charge in [-0.25, -0.2) is 0 Å². The molecule has 0 rings (SSSR count). The summed E-state index contributed by atoms with van der Waals surface area (Å²) < 4.78 is -0.929. The predicted octanol–water partition coefficient (Wildman–Crippen LogP) is 1.89. The third-order valence-electron chi connectivity index (χ3n) is 2.19. The van der Waals surface area contributed by atoms with Crippen LogP contribution < -0.4 is 5.32 Å². The molecule has 0 bridgehead atoms. The van der Waals surface area contributed by atoms with Crippen LogP contribution in [0, 0.1) is 0 Å². The molecule has 0 aromatic heterocycles. The zero-order chi connectivity index (χ0) is 12.8. The number of aliphatic carboxylic acids is 1. The molecular formula is C11H21NO3S. The van der Waals surface area contributed by atoms with Gasteiger partial charge in [-0.05, 0) is 27.2 Å². The highest BCUT2D eigenvalue weighted by Gasteiger charge is 2.32. The fourth-order valence-corrected chi connectivity index (χ4v) is 2.25. The Balaban J connectivity index is 4.10. The molecule has 0 spiro atoms. The highest BCUT2D eigenvalue weighted by Crippen LogP contribution is 2.28. The number of unbranched alkanes of at least 4 members (excludes halogenated alkanes) is 1. The standard InChI is InChI=1S/C11H21NO3S/c1-5-6-7-12-9(13)8(2)16-11(3,4)10(14)15/h8H,5-7H2,1-4H3,(H,12,13)(H,14,15). The molecule has 1 unspecified atom stereocenters. The zero-order valence-corrected chi connectivity index (χ0v) is 11.2. The minimum Gasteiger partial charge on any atom is -0.480 e. The van der Waals surface area contributed by atoms with Gasteiger partial charge in [0.15, 0.2) is 0 Å². The molecule has 0 radical (unpaired) electrons. The number of thioether (sulfide) groups is 1. The van der Waals surface area contributed by atoms with Crippen molar-refractivity contribution in [3.05, 3.63) is 0 Å². The van der Waals surface area contributed by atoms with E-state index in [2.05, 4.69) is 12.2 Å². The van der Waals surface area contributed by atoms with E-state index in [9.17, 15) is 9.59 Å². The Kier molecular flexibility index (Phi) is 6.48. The van der Waals surface area contributed by atoms with Gasteiger partial charge >= 0.3 is 5.97 Å². The van der Waals surface area contributed by atoms with Crippen LogP contribution in [0.15, 0.2) is 0 Å². The second-order valence-corrected chi connectivity index (χ2v) is 6.18. The molecule has 0 aromatic rings. The fraction of sp³-hybridized carbons (Fsp3) is 0.818. The van der Waals surface area contributed by atoms with E-state index in [0.717, 1.165) is 24.6 Å². The second-order valence-electron chi connectivity index (χ2n) is 4.22. The number of carboxylic acid groups (broad SMARTS) is 1. The van der Waals surface area contributed by atoms with Crippen LogP contribution in [0.5, 0.6) is 0 Å². The van der Waals surface area contributed by atoms with Crippen molar-refractivity contribution in [3.8, 4) is 0 Å². The molecule has 2 N–H and O–H groups in total. The zero-order valence-electron chi connectivity index (χ0n) is 10.4. The Morgan fingerprint density at radius 1 is 1.44 bits per heavy atom. The van der Waals surface area contributed by atoms with Crippen molar-refractivity contribution in [2.75, 3.05) is 6.54 Å². The Morgan fingerprint density at radius 3 is 2.44 bits per heavy atom. The van der Waals surface area contributed by atoms with E-state index in [-0.39, 0.29) is 11.2 Å². The number of amides is 1. The van der Waals surface area contributed by atoms with Crippen LogP contribution in [0.3, 0.4) is 0 Å². The minimum atomic E-state index is -0.929. The summed E-state index contributed by atoms with van der Waals surface area (Å²) in [5.74, 6) is -0.988. The molecule has 1 atom stereocenters. The van der Waals surface area contributed by atoms with E-state index < -0.39 is 10.7 Å². The van der Waals surface area contributed by atoms with Crippen LogP contribution in [0.4, 0.5) is 0 Å². The summed E-state index contributed by atoms with van der Waals surface area (Å²) in [5, 5.41) is 11.4. The maximum atomic E-state index is 11.6. The van der Waals surface area contributed by atoms with Gasteiger partial charge in [-0.1, -0.05) is 13.3 Å². The van der Waals surface area contributed by atoms with Gasteiger partial charge in [0.1, 0.15) is 4.75 Å². The van der Waals surface area contributed by atoms with Gasteiger partial charge in [-0.2, -0.15) is 0 Å². The van der Waals surface area contributed by atoms with E-state index in [1.54, 1.807) is 20.8 Å². The molecule has 0 fully saturated rings. The van der Waals surface area contributed by atoms with Crippen LogP contribution in [0.1, 0.15) is 40.5 Å². The van der Waals surface area contributed by atoms with Gasteiger partial charge in [0, 0.05) is 6.54 Å². The van der Waals surface area contributed by atoms with E-state index in [4.69, 9.17) is 5.11 Å². The number of rotatable bonds is 7. The third-order valence-corrected chi connectivity index (χ3v) is 3.52. The Hall–Kier alpha value is -0.710. The highest BCUT2D eigenvalue weighted by molar-refractivity contribution is 8.02.